The van der Waals surface area contributed by atoms with E-state index in [1.54, 1.807) is 4.57 Å². The minimum absolute atomic E-state index is 0.0464. The van der Waals surface area contributed by atoms with E-state index in [0.29, 0.717) is 32.5 Å². The summed E-state index contributed by atoms with van der Waals surface area (Å²) in [5, 5.41) is 2.98. The lowest BCUT2D eigenvalue weighted by molar-refractivity contribution is -0.126. The lowest BCUT2D eigenvalue weighted by atomic mass is 9.98. The number of carbonyl (C=O) groups excluding carboxylic acids is 1. The van der Waals surface area contributed by atoms with Gasteiger partial charge in [0.1, 0.15) is 0 Å². The minimum Gasteiger partial charge on any atom is -0.352 e. The van der Waals surface area contributed by atoms with Crippen molar-refractivity contribution in [1.82, 2.24) is 19.2 Å². The van der Waals surface area contributed by atoms with Crippen LogP contribution in [-0.4, -0.2) is 41.3 Å². The largest absolute Gasteiger partial charge is 0.352 e. The molecule has 8 heteroatoms. The van der Waals surface area contributed by atoms with Gasteiger partial charge in [0.15, 0.2) is 5.03 Å². The monoisotopic (exact) mass is 390 g/mol. The van der Waals surface area contributed by atoms with Crippen LogP contribution in [0.2, 0.25) is 0 Å². The molecule has 2 heterocycles. The highest BCUT2D eigenvalue weighted by Crippen LogP contribution is 2.23. The SMILES string of the molecule is CCn1cnc(S(=O)(=O)N2CCCC(C(=O)NCc3ccc(C)cc3)C2)c1. The maximum atomic E-state index is 12.8. The Morgan fingerprint density at radius 2 is 2.04 bits per heavy atom. The zero-order valence-corrected chi connectivity index (χ0v) is 16.6. The number of sulfonamides is 1. The van der Waals surface area contributed by atoms with Crippen LogP contribution in [-0.2, 0) is 27.9 Å². The molecule has 1 amide bonds. The van der Waals surface area contributed by atoms with Gasteiger partial charge in [0.2, 0.25) is 5.91 Å². The summed E-state index contributed by atoms with van der Waals surface area (Å²) in [4.78, 5) is 16.6. The molecule has 0 radical (unpaired) electrons. The number of hydrogen-bond donors (Lipinski definition) is 1. The van der Waals surface area contributed by atoms with E-state index in [1.165, 1.54) is 22.4 Å². The van der Waals surface area contributed by atoms with Crippen LogP contribution in [0.25, 0.3) is 0 Å². The molecule has 1 atom stereocenters. The molecule has 1 fully saturated rings. The minimum atomic E-state index is -3.67. The van der Waals surface area contributed by atoms with Gasteiger partial charge >= 0.3 is 0 Å². The van der Waals surface area contributed by atoms with Crippen molar-refractivity contribution in [2.24, 2.45) is 5.92 Å². The Balaban J connectivity index is 1.62. The number of rotatable bonds is 6. The molecular weight excluding hydrogens is 364 g/mol. The van der Waals surface area contributed by atoms with E-state index < -0.39 is 10.0 Å². The van der Waals surface area contributed by atoms with Crippen LogP contribution in [0.5, 0.6) is 0 Å². The number of amides is 1. The average Bonchev–Trinajstić information content (AvgIpc) is 3.17. The number of hydrogen-bond acceptors (Lipinski definition) is 4. The van der Waals surface area contributed by atoms with E-state index in [4.69, 9.17) is 0 Å². The molecule has 0 spiro atoms. The van der Waals surface area contributed by atoms with Crippen molar-refractivity contribution in [2.75, 3.05) is 13.1 Å². The summed E-state index contributed by atoms with van der Waals surface area (Å²) in [5.74, 6) is -0.443. The summed E-state index contributed by atoms with van der Waals surface area (Å²) < 4.78 is 28.7. The second-order valence-electron chi connectivity index (χ2n) is 6.95. The van der Waals surface area contributed by atoms with E-state index in [9.17, 15) is 13.2 Å². The molecule has 0 aliphatic carbocycles. The Morgan fingerprint density at radius 3 is 2.70 bits per heavy atom. The Kier molecular flexibility index (Phi) is 5.96. The first-order chi connectivity index (χ1) is 12.9. The van der Waals surface area contributed by atoms with Crippen molar-refractivity contribution in [1.29, 1.82) is 0 Å². The first-order valence-electron chi connectivity index (χ1n) is 9.25. The summed E-state index contributed by atoms with van der Waals surface area (Å²) >= 11 is 0. The predicted octanol–water partition coefficient (Wildman–Crippen LogP) is 1.93. The number of piperidine rings is 1. The fourth-order valence-corrected chi connectivity index (χ4v) is 4.65. The van der Waals surface area contributed by atoms with E-state index >= 15 is 0 Å². The molecule has 1 N–H and O–H groups in total. The summed E-state index contributed by atoms with van der Waals surface area (Å²) in [6.45, 7) is 5.66. The van der Waals surface area contributed by atoms with Gasteiger partial charge in [-0.2, -0.15) is 4.31 Å². The Hall–Kier alpha value is -2.19. The molecule has 1 aromatic carbocycles. The summed E-state index contributed by atoms with van der Waals surface area (Å²) in [6, 6.07) is 7.98. The highest BCUT2D eigenvalue weighted by Gasteiger charge is 2.34. The molecular formula is C19H26N4O3S. The molecule has 0 saturated carbocycles. The zero-order valence-electron chi connectivity index (χ0n) is 15.8. The number of nitrogens with zero attached hydrogens (tertiary/aromatic N) is 3. The smallest absolute Gasteiger partial charge is 0.262 e. The molecule has 146 valence electrons. The molecule has 1 saturated heterocycles. The highest BCUT2D eigenvalue weighted by molar-refractivity contribution is 7.89. The summed E-state index contributed by atoms with van der Waals surface area (Å²) in [5.41, 5.74) is 2.20. The van der Waals surface area contributed by atoms with Gasteiger partial charge in [0, 0.05) is 32.4 Å². The first-order valence-corrected chi connectivity index (χ1v) is 10.7. The standard InChI is InChI=1S/C19H26N4O3S/c1-3-22-13-18(21-14-22)27(25,26)23-10-4-5-17(12-23)19(24)20-11-16-8-6-15(2)7-9-16/h6-9,13-14,17H,3-5,10-12H2,1-2H3,(H,20,24). The Labute approximate surface area is 160 Å². The van der Waals surface area contributed by atoms with Gasteiger partial charge in [0.05, 0.1) is 12.2 Å². The van der Waals surface area contributed by atoms with Crippen LogP contribution >= 0.6 is 0 Å². The van der Waals surface area contributed by atoms with Crippen molar-refractivity contribution in [2.45, 2.75) is 44.8 Å². The second kappa shape index (κ2) is 8.22. The number of aromatic nitrogens is 2. The van der Waals surface area contributed by atoms with Crippen molar-refractivity contribution in [3.05, 3.63) is 47.9 Å². The quantitative estimate of drug-likeness (QED) is 0.817. The maximum Gasteiger partial charge on any atom is 0.262 e. The predicted molar refractivity (Wildman–Crippen MR) is 102 cm³/mol. The average molecular weight is 391 g/mol. The lowest BCUT2D eigenvalue weighted by Gasteiger charge is -2.30. The number of benzene rings is 1. The molecule has 0 bridgehead atoms. The van der Waals surface area contributed by atoms with Gasteiger partial charge in [-0.1, -0.05) is 29.8 Å². The third-order valence-corrected chi connectivity index (χ3v) is 6.67. The molecule has 1 aliphatic rings. The third-order valence-electron chi connectivity index (χ3n) is 4.92. The summed E-state index contributed by atoms with van der Waals surface area (Å²) in [6.07, 6.45) is 4.41. The van der Waals surface area contributed by atoms with Gasteiger partial charge in [-0.25, -0.2) is 13.4 Å². The van der Waals surface area contributed by atoms with Gasteiger partial charge in [-0.15, -0.1) is 0 Å². The molecule has 27 heavy (non-hydrogen) atoms. The summed E-state index contributed by atoms with van der Waals surface area (Å²) in [7, 11) is -3.67. The molecule has 2 aromatic rings. The molecule has 3 rings (SSSR count). The van der Waals surface area contributed by atoms with Crippen LogP contribution in [0, 0.1) is 12.8 Å². The Morgan fingerprint density at radius 1 is 1.30 bits per heavy atom. The van der Waals surface area contributed by atoms with Crippen LogP contribution in [0.1, 0.15) is 30.9 Å². The fourth-order valence-electron chi connectivity index (χ4n) is 3.19. The van der Waals surface area contributed by atoms with E-state index in [1.807, 2.05) is 38.1 Å². The van der Waals surface area contributed by atoms with Crippen LogP contribution in [0.3, 0.4) is 0 Å². The van der Waals surface area contributed by atoms with Crippen molar-refractivity contribution in [3.63, 3.8) is 0 Å². The molecule has 7 nitrogen and oxygen atoms in total. The van der Waals surface area contributed by atoms with Gasteiger partial charge in [-0.3, -0.25) is 4.79 Å². The van der Waals surface area contributed by atoms with Crippen LogP contribution < -0.4 is 5.32 Å². The molecule has 1 aromatic heterocycles. The first kappa shape index (κ1) is 19.6. The maximum absolute atomic E-state index is 12.8. The van der Waals surface area contributed by atoms with Crippen LogP contribution in [0.4, 0.5) is 0 Å². The van der Waals surface area contributed by atoms with E-state index in [2.05, 4.69) is 10.3 Å². The van der Waals surface area contributed by atoms with Crippen LogP contribution in [0.15, 0.2) is 41.8 Å². The van der Waals surface area contributed by atoms with Gasteiger partial charge < -0.3 is 9.88 Å². The molecule has 1 aliphatic heterocycles. The number of aryl methyl sites for hydroxylation is 2. The van der Waals surface area contributed by atoms with E-state index in [0.717, 1.165) is 5.56 Å². The number of carbonyl (C=O) groups is 1. The normalized spacial score (nSPS) is 18.4. The lowest BCUT2D eigenvalue weighted by Crippen LogP contribution is -2.45. The highest BCUT2D eigenvalue weighted by atomic mass is 32.2. The second-order valence-corrected chi connectivity index (χ2v) is 8.83. The third kappa shape index (κ3) is 4.56. The fraction of sp³-hybridized carbons (Fsp3) is 0.474. The topological polar surface area (TPSA) is 84.3 Å². The molecule has 1 unspecified atom stereocenters. The van der Waals surface area contributed by atoms with Crippen molar-refractivity contribution < 1.29 is 13.2 Å². The zero-order chi connectivity index (χ0) is 19.4. The number of imidazole rings is 1. The van der Waals surface area contributed by atoms with Gasteiger partial charge in [0.25, 0.3) is 10.0 Å². The van der Waals surface area contributed by atoms with E-state index in [-0.39, 0.29) is 23.4 Å². The number of nitrogens with one attached hydrogen (secondary N) is 1. The van der Waals surface area contributed by atoms with Crippen molar-refractivity contribution >= 4 is 15.9 Å². The van der Waals surface area contributed by atoms with Gasteiger partial charge in [-0.05, 0) is 32.3 Å². The van der Waals surface area contributed by atoms with Crippen molar-refractivity contribution in [3.8, 4) is 0 Å². The Bertz CT molecular complexity index is 890.